The van der Waals surface area contributed by atoms with Crippen LogP contribution >= 0.6 is 0 Å². The molecule has 0 unspecified atom stereocenters. The van der Waals surface area contributed by atoms with Gasteiger partial charge < -0.3 is 15.3 Å². The number of phenols is 1. The van der Waals surface area contributed by atoms with Gasteiger partial charge in [-0.25, -0.2) is 9.59 Å². The molecule has 15 heavy (non-hydrogen) atoms. The molecule has 3 N–H and O–H groups in total. The van der Waals surface area contributed by atoms with Crippen LogP contribution in [0.3, 0.4) is 0 Å². The topological polar surface area (TPSA) is 94.8 Å². The molecule has 0 aliphatic rings. The smallest absolute Gasteiger partial charge is 0.336 e. The van der Waals surface area contributed by atoms with Gasteiger partial charge in [0, 0.05) is 11.6 Å². The standard InChI is InChI=1S/C10H8O5/c11-8-4-2-1-3-6(8)7(10(14)15)5-9(12)13/h1-5,11H,(H,12,13)(H,14,15). The van der Waals surface area contributed by atoms with Crippen LogP contribution in [0.5, 0.6) is 5.75 Å². The molecular formula is C10H8O5. The second-order valence-electron chi connectivity index (χ2n) is 2.72. The molecule has 0 aromatic heterocycles. The van der Waals surface area contributed by atoms with Gasteiger partial charge in [0.25, 0.3) is 0 Å². The lowest BCUT2D eigenvalue weighted by molar-refractivity contribution is -0.133. The van der Waals surface area contributed by atoms with Gasteiger partial charge in [0.1, 0.15) is 5.75 Å². The molecule has 0 amide bonds. The first-order valence-corrected chi connectivity index (χ1v) is 3.98. The molecule has 0 fully saturated rings. The number of hydrogen-bond donors (Lipinski definition) is 3. The molecular weight excluding hydrogens is 200 g/mol. The van der Waals surface area contributed by atoms with Crippen molar-refractivity contribution >= 4 is 17.5 Å². The number of hydrogen-bond acceptors (Lipinski definition) is 3. The summed E-state index contributed by atoms with van der Waals surface area (Å²) in [5, 5.41) is 26.6. The van der Waals surface area contributed by atoms with Crippen molar-refractivity contribution in [2.75, 3.05) is 0 Å². The fraction of sp³-hybridized carbons (Fsp3) is 0. The number of carboxylic acids is 2. The number of benzene rings is 1. The molecule has 0 spiro atoms. The Morgan fingerprint density at radius 2 is 1.73 bits per heavy atom. The van der Waals surface area contributed by atoms with Crippen LogP contribution in [0.15, 0.2) is 30.3 Å². The zero-order valence-electron chi connectivity index (χ0n) is 7.54. The van der Waals surface area contributed by atoms with Crippen LogP contribution in [0.4, 0.5) is 0 Å². The number of carbonyl (C=O) groups is 2. The lowest BCUT2D eigenvalue weighted by Gasteiger charge is -2.03. The lowest BCUT2D eigenvalue weighted by atomic mass is 10.0. The Hall–Kier alpha value is -2.30. The van der Waals surface area contributed by atoms with Gasteiger partial charge in [-0.2, -0.15) is 0 Å². The van der Waals surface area contributed by atoms with Crippen molar-refractivity contribution in [3.05, 3.63) is 35.9 Å². The van der Waals surface area contributed by atoms with Crippen LogP contribution < -0.4 is 0 Å². The maximum absolute atomic E-state index is 10.7. The van der Waals surface area contributed by atoms with Gasteiger partial charge in [-0.05, 0) is 6.07 Å². The third-order valence-corrected chi connectivity index (χ3v) is 1.69. The average molecular weight is 208 g/mol. The first-order chi connectivity index (χ1) is 7.02. The van der Waals surface area contributed by atoms with Gasteiger partial charge in [0.2, 0.25) is 0 Å². The highest BCUT2D eigenvalue weighted by atomic mass is 16.4. The minimum Gasteiger partial charge on any atom is -0.507 e. The molecule has 0 aliphatic heterocycles. The van der Waals surface area contributed by atoms with E-state index in [0.29, 0.717) is 6.08 Å². The summed E-state index contributed by atoms with van der Waals surface area (Å²) in [6.45, 7) is 0. The Balaban J connectivity index is 3.29. The number of rotatable bonds is 3. The average Bonchev–Trinajstić information content (AvgIpc) is 2.15. The first kappa shape index (κ1) is 10.8. The molecule has 0 aliphatic carbocycles. The molecule has 0 saturated heterocycles. The number of carboxylic acid groups (broad SMARTS) is 2. The van der Waals surface area contributed by atoms with Gasteiger partial charge >= 0.3 is 11.9 Å². The quantitative estimate of drug-likeness (QED) is 0.642. The predicted octanol–water partition coefficient (Wildman–Crippen LogP) is 0.945. The van der Waals surface area contributed by atoms with Crippen molar-refractivity contribution in [3.8, 4) is 5.75 Å². The van der Waals surface area contributed by atoms with Gasteiger partial charge in [-0.1, -0.05) is 18.2 Å². The monoisotopic (exact) mass is 208 g/mol. The van der Waals surface area contributed by atoms with Crippen molar-refractivity contribution in [2.24, 2.45) is 0 Å². The zero-order chi connectivity index (χ0) is 11.4. The third-order valence-electron chi connectivity index (χ3n) is 1.69. The number of phenolic OH excluding ortho intramolecular Hbond substituents is 1. The van der Waals surface area contributed by atoms with Crippen LogP contribution in [0.2, 0.25) is 0 Å². The molecule has 0 saturated carbocycles. The molecule has 1 aromatic carbocycles. The van der Waals surface area contributed by atoms with Gasteiger partial charge in [-0.3, -0.25) is 0 Å². The molecule has 0 bridgehead atoms. The summed E-state index contributed by atoms with van der Waals surface area (Å²) in [5.74, 6) is -3.05. The largest absolute Gasteiger partial charge is 0.507 e. The molecule has 0 heterocycles. The van der Waals surface area contributed by atoms with Crippen molar-refractivity contribution in [2.45, 2.75) is 0 Å². The number of aromatic hydroxyl groups is 1. The summed E-state index contributed by atoms with van der Waals surface area (Å²) in [6.07, 6.45) is 0.539. The van der Waals surface area contributed by atoms with Crippen molar-refractivity contribution < 1.29 is 24.9 Å². The summed E-state index contributed by atoms with van der Waals surface area (Å²) in [5.41, 5.74) is -0.479. The molecule has 5 heteroatoms. The van der Waals surface area contributed by atoms with E-state index in [1.807, 2.05) is 0 Å². The third kappa shape index (κ3) is 2.57. The Morgan fingerprint density at radius 1 is 1.13 bits per heavy atom. The Labute approximate surface area is 84.9 Å². The van der Waals surface area contributed by atoms with Crippen LogP contribution in [0.1, 0.15) is 5.56 Å². The van der Waals surface area contributed by atoms with Crippen LogP contribution in [-0.2, 0) is 9.59 Å². The summed E-state index contributed by atoms with van der Waals surface area (Å²) >= 11 is 0. The number of aliphatic carboxylic acids is 2. The molecule has 5 nitrogen and oxygen atoms in total. The SMILES string of the molecule is O=C(O)C=C(C(=O)O)c1ccccc1O. The van der Waals surface area contributed by atoms with E-state index in [4.69, 9.17) is 10.2 Å². The van der Waals surface area contributed by atoms with E-state index in [9.17, 15) is 14.7 Å². The Kier molecular flexibility index (Phi) is 3.07. The van der Waals surface area contributed by atoms with E-state index in [1.165, 1.54) is 24.3 Å². The Morgan fingerprint density at radius 3 is 2.20 bits per heavy atom. The predicted molar refractivity (Wildman–Crippen MR) is 51.4 cm³/mol. The number of para-hydroxylation sites is 1. The highest BCUT2D eigenvalue weighted by Gasteiger charge is 2.15. The van der Waals surface area contributed by atoms with Gasteiger partial charge in [0.15, 0.2) is 0 Å². The second kappa shape index (κ2) is 4.28. The minimum atomic E-state index is -1.40. The highest BCUT2D eigenvalue weighted by molar-refractivity contribution is 6.20. The van der Waals surface area contributed by atoms with E-state index in [2.05, 4.69) is 0 Å². The van der Waals surface area contributed by atoms with E-state index in [0.717, 1.165) is 0 Å². The van der Waals surface area contributed by atoms with E-state index >= 15 is 0 Å². The minimum absolute atomic E-state index is 0.0209. The van der Waals surface area contributed by atoms with Gasteiger partial charge in [0.05, 0.1) is 5.57 Å². The van der Waals surface area contributed by atoms with Crippen molar-refractivity contribution in [3.63, 3.8) is 0 Å². The summed E-state index contributed by atoms with van der Waals surface area (Å²) in [6, 6.07) is 5.64. The molecule has 0 radical (unpaired) electrons. The first-order valence-electron chi connectivity index (χ1n) is 3.98. The van der Waals surface area contributed by atoms with Gasteiger partial charge in [-0.15, -0.1) is 0 Å². The molecule has 1 rings (SSSR count). The summed E-state index contributed by atoms with van der Waals surface area (Å²) in [4.78, 5) is 21.1. The Bertz CT molecular complexity index is 433. The van der Waals surface area contributed by atoms with Crippen LogP contribution in [0, 0.1) is 0 Å². The van der Waals surface area contributed by atoms with Crippen molar-refractivity contribution in [1.29, 1.82) is 0 Å². The lowest BCUT2D eigenvalue weighted by Crippen LogP contribution is -2.03. The van der Waals surface area contributed by atoms with Crippen molar-refractivity contribution in [1.82, 2.24) is 0 Å². The zero-order valence-corrected chi connectivity index (χ0v) is 7.54. The summed E-state index contributed by atoms with van der Waals surface area (Å²) < 4.78 is 0. The van der Waals surface area contributed by atoms with Crippen LogP contribution in [0.25, 0.3) is 5.57 Å². The molecule has 1 aromatic rings. The molecule has 78 valence electrons. The van der Waals surface area contributed by atoms with Crippen LogP contribution in [-0.4, -0.2) is 27.3 Å². The normalized spacial score (nSPS) is 11.1. The fourth-order valence-electron chi connectivity index (χ4n) is 1.08. The molecule has 0 atom stereocenters. The maximum Gasteiger partial charge on any atom is 0.336 e. The second-order valence-corrected chi connectivity index (χ2v) is 2.72. The summed E-state index contributed by atoms with van der Waals surface area (Å²) in [7, 11) is 0. The maximum atomic E-state index is 10.7. The van der Waals surface area contributed by atoms with E-state index in [1.54, 1.807) is 0 Å². The highest BCUT2D eigenvalue weighted by Crippen LogP contribution is 2.24. The van der Waals surface area contributed by atoms with E-state index in [-0.39, 0.29) is 11.3 Å². The van der Waals surface area contributed by atoms with E-state index < -0.39 is 17.5 Å². The fourth-order valence-corrected chi connectivity index (χ4v) is 1.08.